The molecule has 0 aliphatic heterocycles. The smallest absolute Gasteiger partial charge is 0.127 e. The van der Waals surface area contributed by atoms with Crippen molar-refractivity contribution < 1.29 is 4.74 Å². The molecule has 20 heavy (non-hydrogen) atoms. The third-order valence-corrected chi connectivity index (χ3v) is 3.25. The highest BCUT2D eigenvalue weighted by Gasteiger charge is 2.00. The summed E-state index contributed by atoms with van der Waals surface area (Å²) in [7, 11) is 1.67. The van der Waals surface area contributed by atoms with Gasteiger partial charge in [0.2, 0.25) is 0 Å². The first-order valence-corrected chi connectivity index (χ1v) is 6.53. The van der Waals surface area contributed by atoms with Crippen molar-refractivity contribution in [2.75, 3.05) is 7.11 Å². The van der Waals surface area contributed by atoms with E-state index in [-0.39, 0.29) is 0 Å². The highest BCUT2D eigenvalue weighted by atomic mass is 16.5. The Kier molecular flexibility index (Phi) is 3.46. The lowest BCUT2D eigenvalue weighted by Crippen LogP contribution is -1.89. The number of ether oxygens (including phenoxy) is 1. The fourth-order valence-corrected chi connectivity index (χ4v) is 2.23. The van der Waals surface area contributed by atoms with Gasteiger partial charge in [-0.1, -0.05) is 48.5 Å². The third-order valence-electron chi connectivity index (χ3n) is 3.25. The van der Waals surface area contributed by atoms with Crippen LogP contribution in [0.3, 0.4) is 0 Å². The minimum Gasteiger partial charge on any atom is -0.496 e. The van der Waals surface area contributed by atoms with E-state index in [9.17, 15) is 0 Å². The number of rotatable bonds is 3. The molecule has 0 atom stereocenters. The Morgan fingerprint density at radius 2 is 1.60 bits per heavy atom. The zero-order valence-corrected chi connectivity index (χ0v) is 11.3. The Balaban J connectivity index is 2.03. The molecule has 0 amide bonds. The summed E-state index contributed by atoms with van der Waals surface area (Å²) < 4.78 is 5.33. The molecule has 0 unspecified atom stereocenters. The monoisotopic (exact) mass is 261 g/mol. The van der Waals surface area contributed by atoms with Crippen LogP contribution in [0.4, 0.5) is 5.69 Å². The highest BCUT2D eigenvalue weighted by Crippen LogP contribution is 2.26. The first-order valence-electron chi connectivity index (χ1n) is 6.53. The molecule has 3 aromatic rings. The van der Waals surface area contributed by atoms with E-state index in [1.807, 2.05) is 54.7 Å². The first-order chi connectivity index (χ1) is 9.88. The summed E-state index contributed by atoms with van der Waals surface area (Å²) in [4.78, 5) is 4.61. The second-order valence-corrected chi connectivity index (χ2v) is 4.50. The topological polar surface area (TPSA) is 21.6 Å². The minimum absolute atomic E-state index is 0.830. The molecule has 0 aliphatic carbocycles. The number of aliphatic imine (C=N–C) groups is 1. The van der Waals surface area contributed by atoms with Crippen molar-refractivity contribution in [1.29, 1.82) is 0 Å². The Bertz CT molecular complexity index is 757. The first kappa shape index (κ1) is 12.4. The van der Waals surface area contributed by atoms with Gasteiger partial charge in [0, 0.05) is 17.2 Å². The van der Waals surface area contributed by atoms with Crippen molar-refractivity contribution in [1.82, 2.24) is 0 Å². The average molecular weight is 261 g/mol. The lowest BCUT2D eigenvalue weighted by Gasteiger charge is -2.04. The number of nitrogens with zero attached hydrogens (tertiary/aromatic N) is 1. The second kappa shape index (κ2) is 5.57. The molecular formula is C18H15NO. The number of para-hydroxylation sites is 1. The predicted molar refractivity (Wildman–Crippen MR) is 84.2 cm³/mol. The van der Waals surface area contributed by atoms with Crippen molar-refractivity contribution in [2.24, 2.45) is 4.99 Å². The van der Waals surface area contributed by atoms with Gasteiger partial charge in [0.25, 0.3) is 0 Å². The van der Waals surface area contributed by atoms with Gasteiger partial charge in [-0.3, -0.25) is 4.99 Å². The van der Waals surface area contributed by atoms with Gasteiger partial charge in [-0.2, -0.15) is 0 Å². The van der Waals surface area contributed by atoms with Crippen LogP contribution in [0.1, 0.15) is 5.56 Å². The maximum atomic E-state index is 5.33. The van der Waals surface area contributed by atoms with Crippen LogP contribution in [0.5, 0.6) is 5.75 Å². The van der Waals surface area contributed by atoms with Gasteiger partial charge in [-0.15, -0.1) is 0 Å². The number of fused-ring (bicyclic) bond motifs is 1. The van der Waals surface area contributed by atoms with Crippen molar-refractivity contribution in [3.63, 3.8) is 0 Å². The fourth-order valence-electron chi connectivity index (χ4n) is 2.23. The lowest BCUT2D eigenvalue weighted by atomic mass is 10.1. The molecule has 3 aromatic carbocycles. The van der Waals surface area contributed by atoms with E-state index in [4.69, 9.17) is 4.74 Å². The molecule has 0 spiro atoms. The number of hydrogen-bond donors (Lipinski definition) is 0. The van der Waals surface area contributed by atoms with E-state index >= 15 is 0 Å². The molecule has 0 saturated heterocycles. The lowest BCUT2D eigenvalue weighted by molar-refractivity contribution is 0.414. The predicted octanol–water partition coefficient (Wildman–Crippen LogP) is 4.60. The standard InChI is InChI=1S/C18H15NO/c1-20-18-12-5-3-8-15(18)13-19-17-11-6-9-14-7-2-4-10-16(14)17/h2-13H,1H3/b19-13+. The second-order valence-electron chi connectivity index (χ2n) is 4.50. The molecule has 3 rings (SSSR count). The Morgan fingerprint density at radius 1 is 0.850 bits per heavy atom. The summed E-state index contributed by atoms with van der Waals surface area (Å²) in [6, 6.07) is 22.3. The summed E-state index contributed by atoms with van der Waals surface area (Å²) in [6.07, 6.45) is 1.85. The van der Waals surface area contributed by atoms with E-state index in [0.717, 1.165) is 22.4 Å². The zero-order chi connectivity index (χ0) is 13.8. The Morgan fingerprint density at radius 3 is 2.50 bits per heavy atom. The van der Waals surface area contributed by atoms with Crippen LogP contribution in [-0.4, -0.2) is 13.3 Å². The molecule has 2 nitrogen and oxygen atoms in total. The van der Waals surface area contributed by atoms with Crippen molar-refractivity contribution in [2.45, 2.75) is 0 Å². The quantitative estimate of drug-likeness (QED) is 0.631. The number of benzene rings is 3. The van der Waals surface area contributed by atoms with E-state index < -0.39 is 0 Å². The average Bonchev–Trinajstić information content (AvgIpc) is 2.53. The van der Waals surface area contributed by atoms with Crippen molar-refractivity contribution in [3.05, 3.63) is 72.3 Å². The molecule has 0 bridgehead atoms. The molecule has 0 aromatic heterocycles. The van der Waals surface area contributed by atoms with Crippen LogP contribution < -0.4 is 4.74 Å². The van der Waals surface area contributed by atoms with Gasteiger partial charge in [-0.25, -0.2) is 0 Å². The molecule has 98 valence electrons. The molecule has 0 radical (unpaired) electrons. The molecule has 2 heteroatoms. The summed E-state index contributed by atoms with van der Waals surface area (Å²) in [5, 5.41) is 2.35. The van der Waals surface area contributed by atoms with Gasteiger partial charge in [0.15, 0.2) is 0 Å². The van der Waals surface area contributed by atoms with Gasteiger partial charge >= 0.3 is 0 Å². The molecule has 0 heterocycles. The van der Waals surface area contributed by atoms with Crippen molar-refractivity contribution in [3.8, 4) is 5.75 Å². The Hall–Kier alpha value is -2.61. The highest BCUT2D eigenvalue weighted by molar-refractivity contribution is 5.95. The van der Waals surface area contributed by atoms with E-state index in [1.165, 1.54) is 5.39 Å². The minimum atomic E-state index is 0.830. The molecular weight excluding hydrogens is 246 g/mol. The zero-order valence-electron chi connectivity index (χ0n) is 11.3. The van der Waals surface area contributed by atoms with Crippen LogP contribution in [0.15, 0.2) is 71.7 Å². The van der Waals surface area contributed by atoms with E-state index in [2.05, 4.69) is 23.2 Å². The third kappa shape index (κ3) is 2.41. The maximum absolute atomic E-state index is 5.33. The number of hydrogen-bond acceptors (Lipinski definition) is 2. The van der Waals surface area contributed by atoms with Crippen molar-refractivity contribution >= 4 is 22.7 Å². The molecule has 0 fully saturated rings. The van der Waals surface area contributed by atoms with Gasteiger partial charge in [0.1, 0.15) is 5.75 Å². The van der Waals surface area contributed by atoms with Crippen LogP contribution in [0.25, 0.3) is 10.8 Å². The normalized spacial score (nSPS) is 11.1. The van der Waals surface area contributed by atoms with E-state index in [1.54, 1.807) is 7.11 Å². The molecule has 0 aliphatic rings. The van der Waals surface area contributed by atoms with Gasteiger partial charge < -0.3 is 4.74 Å². The summed E-state index contributed by atoms with van der Waals surface area (Å²) in [5.74, 6) is 0.830. The number of methoxy groups -OCH3 is 1. The van der Waals surface area contributed by atoms with Crippen LogP contribution >= 0.6 is 0 Å². The molecule has 0 saturated carbocycles. The maximum Gasteiger partial charge on any atom is 0.127 e. The molecule has 0 N–H and O–H groups in total. The van der Waals surface area contributed by atoms with Crippen LogP contribution in [0.2, 0.25) is 0 Å². The van der Waals surface area contributed by atoms with Crippen LogP contribution in [-0.2, 0) is 0 Å². The van der Waals surface area contributed by atoms with Crippen LogP contribution in [0, 0.1) is 0 Å². The van der Waals surface area contributed by atoms with Gasteiger partial charge in [0.05, 0.1) is 12.8 Å². The Labute approximate surface area is 118 Å². The van der Waals surface area contributed by atoms with Gasteiger partial charge in [-0.05, 0) is 23.6 Å². The largest absolute Gasteiger partial charge is 0.496 e. The van der Waals surface area contributed by atoms with E-state index in [0.29, 0.717) is 0 Å². The fraction of sp³-hybridized carbons (Fsp3) is 0.0556. The summed E-state index contributed by atoms with van der Waals surface area (Å²) in [6.45, 7) is 0. The SMILES string of the molecule is COc1ccccc1/C=N/c1cccc2ccccc12. The summed E-state index contributed by atoms with van der Waals surface area (Å²) >= 11 is 0. The summed E-state index contributed by atoms with van der Waals surface area (Å²) in [5.41, 5.74) is 1.94.